The lowest BCUT2D eigenvalue weighted by Gasteiger charge is -2.33. The zero-order valence-electron chi connectivity index (χ0n) is 20.1. The van der Waals surface area contributed by atoms with E-state index in [1.165, 1.54) is 0 Å². The molecule has 2 aliphatic rings. The molecule has 10 heteroatoms. The van der Waals surface area contributed by atoms with E-state index in [-0.39, 0.29) is 12.7 Å². The summed E-state index contributed by atoms with van der Waals surface area (Å²) in [5, 5.41) is 0. The minimum absolute atomic E-state index is 0.110. The molecule has 0 spiro atoms. The van der Waals surface area contributed by atoms with Crippen molar-refractivity contribution < 1.29 is 28.7 Å². The highest BCUT2D eigenvalue weighted by Crippen LogP contribution is 2.23. The van der Waals surface area contributed by atoms with Crippen LogP contribution in [-0.4, -0.2) is 66.8 Å². The van der Waals surface area contributed by atoms with Crippen LogP contribution in [0.15, 0.2) is 59.6 Å². The van der Waals surface area contributed by atoms with Crippen LogP contribution < -0.4 is 11.2 Å². The molecule has 2 atom stereocenters. The summed E-state index contributed by atoms with van der Waals surface area (Å²) in [6, 6.07) is 15.0. The lowest BCUT2D eigenvalue weighted by atomic mass is 10.0. The average Bonchev–Trinajstić information content (AvgIpc) is 3.42. The molecular weight excluding hydrogens is 464 g/mol. The normalized spacial score (nSPS) is 18.8. The van der Waals surface area contributed by atoms with Gasteiger partial charge in [-0.05, 0) is 19.8 Å². The average molecular weight is 495 g/mol. The van der Waals surface area contributed by atoms with Gasteiger partial charge in [-0.25, -0.2) is 20.1 Å². The topological polar surface area (TPSA) is 133 Å². The van der Waals surface area contributed by atoms with Crippen molar-refractivity contribution in [1.82, 2.24) is 10.4 Å². The molecular formula is C26H30N4O6. The third kappa shape index (κ3) is 6.14. The predicted octanol–water partition coefficient (Wildman–Crippen LogP) is 1.75. The zero-order chi connectivity index (χ0) is 25.5. The van der Waals surface area contributed by atoms with Crippen LogP contribution in [0.2, 0.25) is 0 Å². The Hall–Kier alpha value is -3.60. The Kier molecular flexibility index (Phi) is 8.42. The van der Waals surface area contributed by atoms with Crippen molar-refractivity contribution >= 4 is 23.5 Å². The lowest BCUT2D eigenvalue weighted by Crippen LogP contribution is -2.51. The third-order valence-electron chi connectivity index (χ3n) is 6.09. The summed E-state index contributed by atoms with van der Waals surface area (Å²) in [4.78, 5) is 48.8. The van der Waals surface area contributed by atoms with E-state index in [1.54, 1.807) is 36.1 Å². The van der Waals surface area contributed by atoms with Gasteiger partial charge in [0.2, 0.25) is 12.1 Å². The molecule has 1 fully saturated rings. The first-order valence-electron chi connectivity index (χ1n) is 12.0. The Bertz CT molecular complexity index is 1100. The monoisotopic (exact) mass is 494 g/mol. The number of hydrogen-bond donors (Lipinski definition) is 2. The number of nitrogens with two attached hydrogens (primary N) is 1. The van der Waals surface area contributed by atoms with Crippen LogP contribution in [0, 0.1) is 0 Å². The quantitative estimate of drug-likeness (QED) is 0.306. The van der Waals surface area contributed by atoms with Crippen molar-refractivity contribution in [3.05, 3.63) is 71.3 Å². The third-order valence-corrected chi connectivity index (χ3v) is 6.09. The molecule has 2 aromatic rings. The molecule has 2 unspecified atom stereocenters. The first kappa shape index (κ1) is 25.5. The highest BCUT2D eigenvalue weighted by Gasteiger charge is 2.31. The van der Waals surface area contributed by atoms with Crippen LogP contribution in [-0.2, 0) is 23.9 Å². The number of rotatable bonds is 9. The molecule has 10 nitrogen and oxygen atoms in total. The van der Waals surface area contributed by atoms with Crippen LogP contribution in [0.3, 0.4) is 0 Å². The maximum atomic E-state index is 12.9. The summed E-state index contributed by atoms with van der Waals surface area (Å²) in [6.45, 7) is 2.74. The number of benzene rings is 2. The van der Waals surface area contributed by atoms with Crippen molar-refractivity contribution in [3.8, 4) is 0 Å². The number of likely N-dealkylation sites (tertiary alicyclic amines) is 1. The number of aliphatic imine (C=N–C) groups is 1. The Morgan fingerprint density at radius 1 is 1.11 bits per heavy atom. The van der Waals surface area contributed by atoms with Gasteiger partial charge in [-0.2, -0.15) is 0 Å². The summed E-state index contributed by atoms with van der Waals surface area (Å²) >= 11 is 0. The van der Waals surface area contributed by atoms with Gasteiger partial charge >= 0.3 is 5.97 Å². The number of ketones is 1. The fourth-order valence-electron chi connectivity index (χ4n) is 4.09. The van der Waals surface area contributed by atoms with Crippen LogP contribution in [0.25, 0.3) is 0 Å². The number of ether oxygens (including phenoxy) is 2. The smallest absolute Gasteiger partial charge is 0.332 e. The number of nitrogens with one attached hydrogen (secondary N) is 1. The van der Waals surface area contributed by atoms with Crippen molar-refractivity contribution in [2.45, 2.75) is 38.1 Å². The van der Waals surface area contributed by atoms with E-state index >= 15 is 0 Å². The van der Waals surface area contributed by atoms with Crippen molar-refractivity contribution in [2.24, 2.45) is 10.7 Å². The molecule has 4 rings (SSSR count). The van der Waals surface area contributed by atoms with Crippen LogP contribution >= 0.6 is 0 Å². The van der Waals surface area contributed by atoms with Gasteiger partial charge in [-0.15, -0.1) is 0 Å². The molecule has 0 aliphatic carbocycles. The molecule has 2 aromatic carbocycles. The van der Waals surface area contributed by atoms with Crippen LogP contribution in [0.1, 0.15) is 47.5 Å². The summed E-state index contributed by atoms with van der Waals surface area (Å²) in [7, 11) is 0. The van der Waals surface area contributed by atoms with E-state index < -0.39 is 29.9 Å². The highest BCUT2D eigenvalue weighted by molar-refractivity contribution is 6.13. The predicted molar refractivity (Wildman–Crippen MR) is 131 cm³/mol. The van der Waals surface area contributed by atoms with Gasteiger partial charge in [-0.3, -0.25) is 9.59 Å². The second-order valence-electron chi connectivity index (χ2n) is 8.52. The van der Waals surface area contributed by atoms with Crippen LogP contribution in [0.4, 0.5) is 0 Å². The Balaban J connectivity index is 1.29. The van der Waals surface area contributed by atoms with Gasteiger partial charge in [0.15, 0.2) is 11.6 Å². The number of hydroxylamine groups is 1. The van der Waals surface area contributed by atoms with Gasteiger partial charge < -0.3 is 20.1 Å². The van der Waals surface area contributed by atoms with Gasteiger partial charge in [0, 0.05) is 29.8 Å². The van der Waals surface area contributed by atoms with E-state index in [9.17, 15) is 14.4 Å². The zero-order valence-corrected chi connectivity index (χ0v) is 20.1. The Morgan fingerprint density at radius 2 is 1.81 bits per heavy atom. The molecule has 2 heterocycles. The molecule has 36 heavy (non-hydrogen) atoms. The molecule has 1 amide bonds. The summed E-state index contributed by atoms with van der Waals surface area (Å²) in [5.74, 6) is -0.730. The first-order chi connectivity index (χ1) is 17.5. The number of amidine groups is 1. The van der Waals surface area contributed by atoms with Gasteiger partial charge in [-0.1, -0.05) is 54.6 Å². The second kappa shape index (κ2) is 11.9. The van der Waals surface area contributed by atoms with Gasteiger partial charge in [0.25, 0.3) is 0 Å². The van der Waals surface area contributed by atoms with Crippen molar-refractivity contribution in [3.63, 3.8) is 0 Å². The molecule has 190 valence electrons. The number of esters is 1. The summed E-state index contributed by atoms with van der Waals surface area (Å²) in [5.41, 5.74) is 10.9. The largest absolute Gasteiger partial charge is 0.464 e. The standard InChI is InChI=1S/C26H30N4O6/c1-2-34-21(31)16-35-20-12-14-30(15-13-20)26(33)22(27)23(32)17-8-10-18(11-9-17)24-28-25(36-29-24)19-6-4-3-5-7-19/h3-11,20,22,25H,2,12-16,27H2,1H3,(H,28,29). The molecule has 3 N–H and O–H groups in total. The minimum atomic E-state index is -1.29. The maximum absolute atomic E-state index is 12.9. The van der Waals surface area contributed by atoms with E-state index in [4.69, 9.17) is 20.0 Å². The molecule has 0 saturated carbocycles. The Labute approximate surface area is 209 Å². The highest BCUT2D eigenvalue weighted by atomic mass is 16.7. The molecule has 2 aliphatic heterocycles. The Morgan fingerprint density at radius 3 is 2.47 bits per heavy atom. The fourth-order valence-corrected chi connectivity index (χ4v) is 4.09. The van der Waals surface area contributed by atoms with Gasteiger partial charge in [0.05, 0.1) is 12.7 Å². The SMILES string of the molecule is CCOC(=O)COC1CCN(C(=O)C(N)C(=O)c2ccc(C3=NC(c4ccccc4)ON3)cc2)CC1. The number of piperidine rings is 1. The van der Waals surface area contributed by atoms with E-state index in [0.717, 1.165) is 11.1 Å². The number of carbonyl (C=O) groups excluding carboxylic acids is 3. The summed E-state index contributed by atoms with van der Waals surface area (Å²) < 4.78 is 10.4. The van der Waals surface area contributed by atoms with Gasteiger partial charge in [0.1, 0.15) is 12.6 Å². The molecule has 0 bridgehead atoms. The van der Waals surface area contributed by atoms with Crippen molar-refractivity contribution in [1.29, 1.82) is 0 Å². The maximum Gasteiger partial charge on any atom is 0.332 e. The second-order valence-corrected chi connectivity index (χ2v) is 8.52. The summed E-state index contributed by atoms with van der Waals surface area (Å²) in [6.07, 6.45) is 0.521. The number of Topliss-reactive ketones (excluding diaryl/α,β-unsaturated/α-hetero) is 1. The fraction of sp³-hybridized carbons (Fsp3) is 0.385. The van der Waals surface area contributed by atoms with E-state index in [1.807, 2.05) is 30.3 Å². The van der Waals surface area contributed by atoms with E-state index in [2.05, 4.69) is 10.5 Å². The molecule has 0 aromatic heterocycles. The van der Waals surface area contributed by atoms with E-state index in [0.29, 0.717) is 43.9 Å². The minimum Gasteiger partial charge on any atom is -0.464 e. The number of amides is 1. The number of nitrogens with zero attached hydrogens (tertiary/aromatic N) is 2. The van der Waals surface area contributed by atoms with Crippen molar-refractivity contribution in [2.75, 3.05) is 26.3 Å². The first-order valence-corrected chi connectivity index (χ1v) is 12.0. The number of carbonyl (C=O) groups is 3. The molecule has 0 radical (unpaired) electrons. The number of hydrogen-bond acceptors (Lipinski definition) is 9. The van der Waals surface area contributed by atoms with Crippen LogP contribution in [0.5, 0.6) is 0 Å². The molecule has 1 saturated heterocycles. The lowest BCUT2D eigenvalue weighted by molar-refractivity contribution is -0.152.